The molecule has 0 unspecified atom stereocenters. The van der Waals surface area contributed by atoms with Gasteiger partial charge in [-0.25, -0.2) is 0 Å². The Morgan fingerprint density at radius 1 is 1.15 bits per heavy atom. The Kier molecular flexibility index (Phi) is 5.00. The summed E-state index contributed by atoms with van der Waals surface area (Å²) in [7, 11) is 0. The Bertz CT molecular complexity index is 453. The van der Waals surface area contributed by atoms with Gasteiger partial charge in [0, 0.05) is 23.0 Å². The molecule has 0 saturated heterocycles. The molecule has 1 aliphatic heterocycles. The fourth-order valence-electron chi connectivity index (χ4n) is 3.46. The highest BCUT2D eigenvalue weighted by molar-refractivity contribution is 9.10. The normalized spacial score (nSPS) is 19.4. The highest BCUT2D eigenvalue weighted by Gasteiger charge is 2.18. The zero-order valence-electron chi connectivity index (χ0n) is 12.1. The van der Waals surface area contributed by atoms with Crippen LogP contribution in [0.5, 0.6) is 5.75 Å². The number of ether oxygens (including phenoxy) is 1. The summed E-state index contributed by atoms with van der Waals surface area (Å²) in [5, 5.41) is 3.66. The van der Waals surface area contributed by atoms with Gasteiger partial charge in [0.15, 0.2) is 0 Å². The maximum Gasteiger partial charge on any atom is 0.127 e. The molecule has 0 aromatic heterocycles. The van der Waals surface area contributed by atoms with Crippen LogP contribution in [0, 0.1) is 5.92 Å². The van der Waals surface area contributed by atoms with Gasteiger partial charge in [0.2, 0.25) is 0 Å². The number of halogens is 1. The van der Waals surface area contributed by atoms with Gasteiger partial charge < -0.3 is 10.1 Å². The van der Waals surface area contributed by atoms with Crippen LogP contribution >= 0.6 is 15.9 Å². The van der Waals surface area contributed by atoms with Crippen LogP contribution < -0.4 is 10.1 Å². The fraction of sp³-hybridized carbons (Fsp3) is 0.647. The maximum atomic E-state index is 5.79. The average Bonchev–Trinajstić information content (AvgIpc) is 2.74. The summed E-state index contributed by atoms with van der Waals surface area (Å²) < 4.78 is 6.96. The summed E-state index contributed by atoms with van der Waals surface area (Å²) in [6, 6.07) is 4.39. The molecule has 0 amide bonds. The van der Waals surface area contributed by atoms with E-state index in [4.69, 9.17) is 4.74 Å². The van der Waals surface area contributed by atoms with Gasteiger partial charge in [0.1, 0.15) is 5.75 Å². The van der Waals surface area contributed by atoms with Gasteiger partial charge in [-0.1, -0.05) is 41.6 Å². The molecule has 1 saturated carbocycles. The van der Waals surface area contributed by atoms with Crippen molar-refractivity contribution in [1.82, 2.24) is 5.32 Å². The summed E-state index contributed by atoms with van der Waals surface area (Å²) in [4.78, 5) is 0. The Hall–Kier alpha value is -0.540. The quantitative estimate of drug-likeness (QED) is 0.820. The molecular formula is C17H24BrNO. The van der Waals surface area contributed by atoms with Crippen molar-refractivity contribution in [3.8, 4) is 5.75 Å². The van der Waals surface area contributed by atoms with Crippen LogP contribution in [0.4, 0.5) is 0 Å². The molecular weight excluding hydrogens is 314 g/mol. The zero-order chi connectivity index (χ0) is 13.8. The van der Waals surface area contributed by atoms with Crippen molar-refractivity contribution in [3.63, 3.8) is 0 Å². The van der Waals surface area contributed by atoms with E-state index in [-0.39, 0.29) is 0 Å². The molecule has 0 bridgehead atoms. The van der Waals surface area contributed by atoms with Crippen molar-refractivity contribution >= 4 is 15.9 Å². The van der Waals surface area contributed by atoms with Crippen molar-refractivity contribution in [1.29, 1.82) is 0 Å². The molecule has 3 heteroatoms. The SMILES string of the molecule is Brc1cc2c(c(CNCC3CCCCCC3)c1)OCC2. The minimum atomic E-state index is 0.835. The van der Waals surface area contributed by atoms with E-state index in [1.807, 2.05) is 0 Å². The second-order valence-corrected chi connectivity index (χ2v) is 7.06. The van der Waals surface area contributed by atoms with Crippen LogP contribution in [0.3, 0.4) is 0 Å². The molecule has 3 rings (SSSR count). The molecule has 1 N–H and O–H groups in total. The Labute approximate surface area is 130 Å². The number of nitrogens with one attached hydrogen (secondary N) is 1. The molecule has 0 atom stereocenters. The van der Waals surface area contributed by atoms with E-state index < -0.39 is 0 Å². The summed E-state index contributed by atoms with van der Waals surface area (Å²) in [6.45, 7) is 2.92. The molecule has 20 heavy (non-hydrogen) atoms. The van der Waals surface area contributed by atoms with Crippen LogP contribution in [0.25, 0.3) is 0 Å². The van der Waals surface area contributed by atoms with Gasteiger partial charge in [-0.3, -0.25) is 0 Å². The van der Waals surface area contributed by atoms with Gasteiger partial charge in [0.05, 0.1) is 6.61 Å². The first-order valence-electron chi connectivity index (χ1n) is 7.98. The van der Waals surface area contributed by atoms with E-state index in [9.17, 15) is 0 Å². The van der Waals surface area contributed by atoms with Crippen LogP contribution in [-0.4, -0.2) is 13.2 Å². The Morgan fingerprint density at radius 3 is 2.75 bits per heavy atom. The van der Waals surface area contributed by atoms with Gasteiger partial charge in [-0.15, -0.1) is 0 Å². The fourth-order valence-corrected chi connectivity index (χ4v) is 4.01. The van der Waals surface area contributed by atoms with Crippen LogP contribution in [0.1, 0.15) is 49.7 Å². The molecule has 1 aliphatic carbocycles. The standard InChI is InChI=1S/C17H24BrNO/c18-16-9-14-7-8-20-17(14)15(10-16)12-19-11-13-5-3-1-2-4-6-13/h9-10,13,19H,1-8,11-12H2. The number of benzene rings is 1. The lowest BCUT2D eigenvalue weighted by Gasteiger charge is -2.16. The summed E-state index contributed by atoms with van der Waals surface area (Å²) in [5.41, 5.74) is 2.66. The number of rotatable bonds is 4. The van der Waals surface area contributed by atoms with E-state index in [0.717, 1.165) is 37.8 Å². The first-order chi connectivity index (χ1) is 9.83. The second kappa shape index (κ2) is 6.95. The molecule has 0 spiro atoms. The van der Waals surface area contributed by atoms with E-state index in [1.165, 1.54) is 54.1 Å². The smallest absolute Gasteiger partial charge is 0.127 e. The van der Waals surface area contributed by atoms with Gasteiger partial charge >= 0.3 is 0 Å². The third-order valence-corrected chi connectivity index (χ3v) is 5.01. The lowest BCUT2D eigenvalue weighted by Crippen LogP contribution is -2.22. The minimum Gasteiger partial charge on any atom is -0.493 e. The summed E-state index contributed by atoms with van der Waals surface area (Å²) in [5.74, 6) is 2.00. The van der Waals surface area contributed by atoms with E-state index in [0.29, 0.717) is 0 Å². The number of hydrogen-bond donors (Lipinski definition) is 1. The van der Waals surface area contributed by atoms with Gasteiger partial charge in [0.25, 0.3) is 0 Å². The predicted octanol–water partition coefficient (Wildman–Crippen LogP) is 4.44. The number of fused-ring (bicyclic) bond motifs is 1. The zero-order valence-corrected chi connectivity index (χ0v) is 13.7. The minimum absolute atomic E-state index is 0.835. The molecule has 1 heterocycles. The molecule has 2 nitrogen and oxygen atoms in total. The first-order valence-corrected chi connectivity index (χ1v) is 8.77. The van der Waals surface area contributed by atoms with Crippen molar-refractivity contribution < 1.29 is 4.74 Å². The van der Waals surface area contributed by atoms with Crippen LogP contribution in [0.15, 0.2) is 16.6 Å². The predicted molar refractivity (Wildman–Crippen MR) is 86.2 cm³/mol. The molecule has 1 aromatic rings. The topological polar surface area (TPSA) is 21.3 Å². The summed E-state index contributed by atoms with van der Waals surface area (Å²) in [6.07, 6.45) is 9.56. The van der Waals surface area contributed by atoms with Gasteiger partial charge in [-0.2, -0.15) is 0 Å². The third-order valence-electron chi connectivity index (χ3n) is 4.55. The monoisotopic (exact) mass is 337 g/mol. The molecule has 1 aromatic carbocycles. The van der Waals surface area contributed by atoms with Gasteiger partial charge in [-0.05, 0) is 43.0 Å². The second-order valence-electron chi connectivity index (χ2n) is 6.14. The molecule has 0 radical (unpaired) electrons. The van der Waals surface area contributed by atoms with Crippen molar-refractivity contribution in [2.75, 3.05) is 13.2 Å². The average molecular weight is 338 g/mol. The lowest BCUT2D eigenvalue weighted by molar-refractivity contribution is 0.351. The lowest BCUT2D eigenvalue weighted by atomic mass is 10.0. The molecule has 110 valence electrons. The van der Waals surface area contributed by atoms with E-state index >= 15 is 0 Å². The Balaban J connectivity index is 1.56. The van der Waals surface area contributed by atoms with Crippen LogP contribution in [0.2, 0.25) is 0 Å². The van der Waals surface area contributed by atoms with E-state index in [2.05, 4.69) is 33.4 Å². The highest BCUT2D eigenvalue weighted by atomic mass is 79.9. The highest BCUT2D eigenvalue weighted by Crippen LogP contribution is 2.33. The summed E-state index contributed by atoms with van der Waals surface area (Å²) >= 11 is 3.61. The van der Waals surface area contributed by atoms with Crippen molar-refractivity contribution in [3.05, 3.63) is 27.7 Å². The third kappa shape index (κ3) is 3.56. The van der Waals surface area contributed by atoms with Crippen molar-refractivity contribution in [2.45, 2.75) is 51.5 Å². The van der Waals surface area contributed by atoms with E-state index in [1.54, 1.807) is 0 Å². The largest absolute Gasteiger partial charge is 0.493 e. The molecule has 2 aliphatic rings. The van der Waals surface area contributed by atoms with Crippen LogP contribution in [-0.2, 0) is 13.0 Å². The molecule has 1 fully saturated rings. The number of hydrogen-bond acceptors (Lipinski definition) is 2. The maximum absolute atomic E-state index is 5.79. The Morgan fingerprint density at radius 2 is 1.95 bits per heavy atom. The van der Waals surface area contributed by atoms with Crippen molar-refractivity contribution in [2.24, 2.45) is 5.92 Å². The first kappa shape index (κ1) is 14.4.